The molecule has 0 spiro atoms. The number of benzene rings is 1. The van der Waals surface area contributed by atoms with Gasteiger partial charge < -0.3 is 15.5 Å². The maximum atomic E-state index is 12.3. The summed E-state index contributed by atoms with van der Waals surface area (Å²) >= 11 is 1.80. The second kappa shape index (κ2) is 15.4. The van der Waals surface area contributed by atoms with Crippen molar-refractivity contribution in [1.82, 2.24) is 14.7 Å². The third-order valence-corrected chi connectivity index (χ3v) is 7.52. The number of aliphatic carboxylic acids is 2. The first-order chi connectivity index (χ1) is 20.5. The van der Waals surface area contributed by atoms with Crippen molar-refractivity contribution in [1.29, 1.82) is 10.5 Å². The maximum absolute atomic E-state index is 12.3. The van der Waals surface area contributed by atoms with Gasteiger partial charge in [0.1, 0.15) is 6.04 Å². The molecular weight excluding hydrogens is 628 g/mol. The number of carboxylic acid groups (broad SMARTS) is 2. The molecule has 1 aromatic carbocycles. The van der Waals surface area contributed by atoms with Gasteiger partial charge in [-0.2, -0.15) is 36.9 Å². The maximum Gasteiger partial charge on any atom is 0.490 e. The highest BCUT2D eigenvalue weighted by atomic mass is 32.2. The van der Waals surface area contributed by atoms with Crippen LogP contribution >= 0.6 is 11.8 Å². The minimum Gasteiger partial charge on any atom is -0.475 e. The topological polar surface area (TPSA) is 181 Å². The fraction of sp³-hybridized carbons (Fsp3) is 0.542. The van der Waals surface area contributed by atoms with E-state index in [-0.39, 0.29) is 23.4 Å². The number of nitrogens with one attached hydrogen (secondary N) is 1. The average Bonchev–Trinajstić information content (AvgIpc) is 3.63. The van der Waals surface area contributed by atoms with Crippen molar-refractivity contribution in [3.8, 4) is 12.1 Å². The van der Waals surface area contributed by atoms with Gasteiger partial charge in [0.05, 0.1) is 35.7 Å². The van der Waals surface area contributed by atoms with Crippen LogP contribution in [-0.2, 0) is 14.4 Å². The molecule has 4 rings (SSSR count). The first kappa shape index (κ1) is 35.9. The Balaban J connectivity index is 0.000000402. The SMILES string of the molecule is CCC1SCC(C#N)N1n1on1C1CCN(CC(=O)Nc2ccc(C#N)cc2)CC1.O=C(O)C(F)(F)F.O=C(O)C(F)(F)F. The normalized spacial score (nSPS) is 19.1. The van der Waals surface area contributed by atoms with E-state index in [1.54, 1.807) is 41.0 Å². The van der Waals surface area contributed by atoms with Crippen LogP contribution in [0.3, 0.4) is 0 Å². The molecule has 0 radical (unpaired) electrons. The lowest BCUT2D eigenvalue weighted by molar-refractivity contribution is -0.193. The van der Waals surface area contributed by atoms with E-state index < -0.39 is 24.3 Å². The summed E-state index contributed by atoms with van der Waals surface area (Å²) in [4.78, 5) is 35.9. The summed E-state index contributed by atoms with van der Waals surface area (Å²) in [6.07, 6.45) is -7.41. The number of carbonyl (C=O) groups is 3. The van der Waals surface area contributed by atoms with Crippen molar-refractivity contribution in [2.45, 2.75) is 56.0 Å². The number of alkyl halides is 6. The van der Waals surface area contributed by atoms with Crippen molar-refractivity contribution >= 4 is 35.3 Å². The molecule has 2 fully saturated rings. The van der Waals surface area contributed by atoms with Crippen LogP contribution in [0.4, 0.5) is 32.0 Å². The first-order valence-corrected chi connectivity index (χ1v) is 13.8. The van der Waals surface area contributed by atoms with Gasteiger partial charge in [-0.15, -0.1) is 11.8 Å². The van der Waals surface area contributed by atoms with Crippen molar-refractivity contribution in [2.75, 3.05) is 35.7 Å². The Hall–Kier alpha value is -4.30. The molecule has 13 nitrogen and oxygen atoms in total. The number of carbonyl (C=O) groups excluding carboxylic acids is 1. The standard InChI is InChI=1S/C20H25N7O2S.2C2HF3O2/c1-2-20-25(18(12-22)14-30-20)27-26(29-27)17-7-9-24(10-8-17)13-19(28)23-16-5-3-15(11-21)4-6-16;2*3-2(4,5)1(6)7/h3-6,17-18,20H,2,7-10,13-14H2,1H3,(H,23,28);2*(H,6,7). The predicted molar refractivity (Wildman–Crippen MR) is 141 cm³/mol. The summed E-state index contributed by atoms with van der Waals surface area (Å²) in [5, 5.41) is 37.7. The van der Waals surface area contributed by atoms with Crippen LogP contribution < -0.4 is 10.3 Å². The van der Waals surface area contributed by atoms with Crippen LogP contribution in [0.1, 0.15) is 37.8 Å². The number of hydrogen-bond donors (Lipinski definition) is 3. The molecule has 0 saturated carbocycles. The molecule has 242 valence electrons. The molecule has 2 unspecified atom stereocenters. The number of thioether (sulfide) groups is 1. The monoisotopic (exact) mass is 655 g/mol. The third-order valence-electron chi connectivity index (χ3n) is 6.08. The lowest BCUT2D eigenvalue weighted by Crippen LogP contribution is -2.43. The van der Waals surface area contributed by atoms with E-state index in [4.69, 9.17) is 29.7 Å². The van der Waals surface area contributed by atoms with E-state index in [1.807, 2.05) is 9.86 Å². The lowest BCUT2D eigenvalue weighted by atomic mass is 10.1. The van der Waals surface area contributed by atoms with Crippen LogP contribution in [0.5, 0.6) is 0 Å². The van der Waals surface area contributed by atoms with Gasteiger partial charge in [0.2, 0.25) is 5.91 Å². The van der Waals surface area contributed by atoms with Crippen LogP contribution in [0.15, 0.2) is 28.9 Å². The van der Waals surface area contributed by atoms with Gasteiger partial charge in [0.15, 0.2) is 0 Å². The highest BCUT2D eigenvalue weighted by Gasteiger charge is 2.41. The van der Waals surface area contributed by atoms with Gasteiger partial charge >= 0.3 is 24.3 Å². The minimum absolute atomic E-state index is 0.0560. The quantitative estimate of drug-likeness (QED) is 0.387. The zero-order chi connectivity index (χ0) is 33.2. The van der Waals surface area contributed by atoms with Crippen LogP contribution in [0, 0.1) is 22.7 Å². The Labute approximate surface area is 250 Å². The molecule has 3 N–H and O–H groups in total. The molecule has 2 atom stereocenters. The van der Waals surface area contributed by atoms with Gasteiger partial charge in [-0.3, -0.25) is 9.69 Å². The fourth-order valence-corrected chi connectivity index (χ4v) is 5.17. The predicted octanol–water partition coefficient (Wildman–Crippen LogP) is 3.61. The van der Waals surface area contributed by atoms with Crippen molar-refractivity contribution < 1.29 is 55.6 Å². The molecule has 20 heteroatoms. The first-order valence-electron chi connectivity index (χ1n) is 12.7. The Morgan fingerprint density at radius 3 is 1.98 bits per heavy atom. The summed E-state index contributed by atoms with van der Waals surface area (Å²) in [7, 11) is 0. The zero-order valence-electron chi connectivity index (χ0n) is 22.9. The Kier molecular flexibility index (Phi) is 12.6. The lowest BCUT2D eigenvalue weighted by Gasteiger charge is -2.29. The molecule has 0 aliphatic carbocycles. The molecule has 1 amide bonds. The summed E-state index contributed by atoms with van der Waals surface area (Å²) < 4.78 is 69.2. The smallest absolute Gasteiger partial charge is 0.475 e. The highest BCUT2D eigenvalue weighted by Crippen LogP contribution is 2.33. The molecule has 3 heterocycles. The summed E-state index contributed by atoms with van der Waals surface area (Å²) in [5.41, 5.74) is 1.27. The van der Waals surface area contributed by atoms with Gasteiger partial charge in [0.25, 0.3) is 0 Å². The van der Waals surface area contributed by atoms with Gasteiger partial charge in [-0.1, -0.05) is 11.8 Å². The number of nitrogens with zero attached hydrogens (tertiary/aromatic N) is 6. The molecule has 2 saturated heterocycles. The number of aromatic nitrogens is 2. The number of likely N-dealkylation sites (tertiary alicyclic amines) is 1. The number of halogens is 6. The Morgan fingerprint density at radius 1 is 1.02 bits per heavy atom. The van der Waals surface area contributed by atoms with Crippen LogP contribution in [0.25, 0.3) is 0 Å². The number of nitriles is 2. The molecule has 2 aliphatic rings. The third kappa shape index (κ3) is 10.8. The highest BCUT2D eigenvalue weighted by molar-refractivity contribution is 8.00. The number of anilines is 1. The second-order valence-corrected chi connectivity index (χ2v) is 10.4. The summed E-state index contributed by atoms with van der Waals surface area (Å²) in [6, 6.07) is 11.4. The number of rotatable bonds is 6. The van der Waals surface area contributed by atoms with E-state index in [1.165, 1.54) is 0 Å². The summed E-state index contributed by atoms with van der Waals surface area (Å²) in [5.74, 6) is -4.77. The Bertz CT molecular complexity index is 1310. The van der Waals surface area contributed by atoms with Crippen LogP contribution in [-0.4, -0.2) is 91.9 Å². The average molecular weight is 656 g/mol. The van der Waals surface area contributed by atoms with Gasteiger partial charge in [0, 0.05) is 29.5 Å². The second-order valence-electron chi connectivity index (χ2n) is 9.21. The number of hydrogen-bond acceptors (Lipinski definition) is 9. The fourth-order valence-electron chi connectivity index (χ4n) is 3.93. The number of amides is 1. The number of carboxylic acids is 2. The number of piperidine rings is 1. The Morgan fingerprint density at radius 2 is 1.55 bits per heavy atom. The molecule has 44 heavy (non-hydrogen) atoms. The molecular formula is C24H27F6N7O6S. The zero-order valence-corrected chi connectivity index (χ0v) is 23.7. The van der Waals surface area contributed by atoms with Crippen molar-refractivity contribution in [2.24, 2.45) is 0 Å². The molecule has 2 aliphatic heterocycles. The van der Waals surface area contributed by atoms with E-state index >= 15 is 0 Å². The van der Waals surface area contributed by atoms with Gasteiger partial charge in [-0.05, 0) is 43.5 Å². The van der Waals surface area contributed by atoms with Crippen LogP contribution in [0.2, 0.25) is 0 Å². The minimum atomic E-state index is -5.08. The van der Waals surface area contributed by atoms with E-state index in [2.05, 4.69) is 29.3 Å². The molecule has 2 aromatic rings. The van der Waals surface area contributed by atoms with E-state index in [0.29, 0.717) is 17.8 Å². The molecule has 0 bridgehead atoms. The van der Waals surface area contributed by atoms with Crippen molar-refractivity contribution in [3.63, 3.8) is 0 Å². The van der Waals surface area contributed by atoms with Crippen molar-refractivity contribution in [3.05, 3.63) is 29.8 Å². The van der Waals surface area contributed by atoms with Gasteiger partial charge in [-0.25, -0.2) is 19.2 Å². The largest absolute Gasteiger partial charge is 0.490 e. The summed E-state index contributed by atoms with van der Waals surface area (Å²) in [6.45, 7) is 4.09. The van der Waals surface area contributed by atoms with E-state index in [9.17, 15) is 36.4 Å². The molecule has 1 aromatic heterocycles. The van der Waals surface area contributed by atoms with E-state index in [0.717, 1.165) is 38.1 Å².